The van der Waals surface area contributed by atoms with Gasteiger partial charge >= 0.3 is 0 Å². The minimum atomic E-state index is -0.495. The number of nitrogens with zero attached hydrogens (tertiary/aromatic N) is 1. The number of carbonyl (C=O) groups excluding carboxylic acids is 1. The van der Waals surface area contributed by atoms with Gasteiger partial charge in [-0.15, -0.1) is 0 Å². The third-order valence-corrected chi connectivity index (χ3v) is 5.70. The number of anilines is 1. The van der Waals surface area contributed by atoms with Crippen LogP contribution in [-0.4, -0.2) is 32.1 Å². The molecule has 0 saturated carbocycles. The first kappa shape index (κ1) is 18.7. The molecule has 1 heterocycles. The number of hydrogen-bond acceptors (Lipinski definition) is 3. The van der Waals surface area contributed by atoms with E-state index in [1.807, 2.05) is 18.2 Å². The second-order valence-corrected chi connectivity index (χ2v) is 7.49. The second kappa shape index (κ2) is 8.05. The molecule has 138 valence electrons. The number of hydrogen-bond donors (Lipinski definition) is 0. The zero-order valence-electron chi connectivity index (χ0n) is 16.1. The van der Waals surface area contributed by atoms with E-state index in [2.05, 4.69) is 55.1 Å². The molecule has 0 aromatic heterocycles. The maximum Gasteiger partial charge on any atom is 0.140 e. The lowest BCUT2D eigenvalue weighted by atomic mass is 9.65. The average Bonchev–Trinajstić information content (AvgIpc) is 2.67. The Bertz CT molecular complexity index is 718. The van der Waals surface area contributed by atoms with Crippen LogP contribution in [-0.2, 0) is 21.4 Å². The lowest BCUT2D eigenvalue weighted by Crippen LogP contribution is -2.42. The van der Waals surface area contributed by atoms with Crippen LogP contribution in [0, 0.1) is 5.92 Å². The van der Waals surface area contributed by atoms with Crippen LogP contribution in [0.3, 0.4) is 0 Å². The second-order valence-electron chi connectivity index (χ2n) is 7.49. The van der Waals surface area contributed by atoms with E-state index in [9.17, 15) is 4.79 Å². The summed E-state index contributed by atoms with van der Waals surface area (Å²) < 4.78 is 5.44. The van der Waals surface area contributed by atoms with Gasteiger partial charge in [-0.1, -0.05) is 56.3 Å². The average molecular weight is 351 g/mol. The molecule has 3 heteroatoms. The first-order chi connectivity index (χ1) is 12.5. The summed E-state index contributed by atoms with van der Waals surface area (Å²) in [6.45, 7) is 9.44. The number of rotatable bonds is 6. The Morgan fingerprint density at radius 1 is 1.04 bits per heavy atom. The fraction of sp³-hybridized carbons (Fsp3) is 0.435. The highest BCUT2D eigenvalue weighted by molar-refractivity contribution is 5.89. The van der Waals surface area contributed by atoms with Crippen molar-refractivity contribution in [2.75, 3.05) is 31.2 Å². The van der Waals surface area contributed by atoms with Gasteiger partial charge in [0, 0.05) is 18.8 Å². The van der Waals surface area contributed by atoms with Gasteiger partial charge in [-0.25, -0.2) is 0 Å². The minimum absolute atomic E-state index is 0.217. The van der Waals surface area contributed by atoms with E-state index in [4.69, 9.17) is 4.74 Å². The van der Waals surface area contributed by atoms with Crippen LogP contribution < -0.4 is 4.90 Å². The number of morpholine rings is 1. The molecule has 26 heavy (non-hydrogen) atoms. The molecule has 1 aliphatic rings. The van der Waals surface area contributed by atoms with E-state index >= 15 is 0 Å². The molecular formula is C23H29NO2. The molecule has 0 amide bonds. The number of benzene rings is 2. The Morgan fingerprint density at radius 2 is 1.65 bits per heavy atom. The SMILES string of the molecule is CC(=O)C(Cc1ccccc1)(c1ccc(N2CCOCC2)cc1)C(C)C. The molecule has 1 atom stereocenters. The van der Waals surface area contributed by atoms with Gasteiger partial charge < -0.3 is 9.64 Å². The molecule has 0 radical (unpaired) electrons. The molecule has 0 aliphatic carbocycles. The fourth-order valence-electron chi connectivity index (χ4n) is 4.08. The van der Waals surface area contributed by atoms with Gasteiger partial charge in [0.2, 0.25) is 0 Å². The zero-order valence-corrected chi connectivity index (χ0v) is 16.1. The summed E-state index contributed by atoms with van der Waals surface area (Å²) in [5.41, 5.74) is 3.03. The number of ether oxygens (including phenoxy) is 1. The molecular weight excluding hydrogens is 322 g/mol. The van der Waals surface area contributed by atoms with E-state index in [1.54, 1.807) is 6.92 Å². The van der Waals surface area contributed by atoms with Gasteiger partial charge in [0.05, 0.1) is 18.6 Å². The third-order valence-electron chi connectivity index (χ3n) is 5.70. The third kappa shape index (κ3) is 3.68. The van der Waals surface area contributed by atoms with Gasteiger partial charge in [0.1, 0.15) is 5.78 Å². The lowest BCUT2D eigenvalue weighted by Gasteiger charge is -2.37. The van der Waals surface area contributed by atoms with Crippen LogP contribution in [0.1, 0.15) is 31.9 Å². The highest BCUT2D eigenvalue weighted by Gasteiger charge is 2.40. The quantitative estimate of drug-likeness (QED) is 0.779. The Hall–Kier alpha value is -2.13. The molecule has 1 fully saturated rings. The summed E-state index contributed by atoms with van der Waals surface area (Å²) >= 11 is 0. The van der Waals surface area contributed by atoms with Crippen molar-refractivity contribution in [1.82, 2.24) is 0 Å². The van der Waals surface area contributed by atoms with E-state index in [0.717, 1.165) is 38.3 Å². The normalized spacial score (nSPS) is 17.2. The highest BCUT2D eigenvalue weighted by Crippen LogP contribution is 2.38. The lowest BCUT2D eigenvalue weighted by molar-refractivity contribution is -0.124. The Kier molecular flexibility index (Phi) is 5.77. The smallest absolute Gasteiger partial charge is 0.140 e. The van der Waals surface area contributed by atoms with E-state index in [1.165, 1.54) is 11.3 Å². The highest BCUT2D eigenvalue weighted by atomic mass is 16.5. The van der Waals surface area contributed by atoms with Gasteiger partial charge in [0.25, 0.3) is 0 Å². The van der Waals surface area contributed by atoms with Crippen molar-refractivity contribution in [3.05, 3.63) is 65.7 Å². The molecule has 0 spiro atoms. The Morgan fingerprint density at radius 3 is 2.19 bits per heavy atom. The summed E-state index contributed by atoms with van der Waals surface area (Å²) in [6.07, 6.45) is 0.734. The predicted octanol–water partition coefficient (Wildman–Crippen LogP) is 4.25. The Balaban J connectivity index is 1.94. The van der Waals surface area contributed by atoms with Crippen LogP contribution in [0.2, 0.25) is 0 Å². The molecule has 3 nitrogen and oxygen atoms in total. The van der Waals surface area contributed by atoms with Crippen molar-refractivity contribution in [3.8, 4) is 0 Å². The standard InChI is InChI=1S/C23H29NO2/c1-18(2)23(19(3)25,17-20-7-5-4-6-8-20)21-9-11-22(12-10-21)24-13-15-26-16-14-24/h4-12,18H,13-17H2,1-3H3. The van der Waals surface area contributed by atoms with Crippen molar-refractivity contribution in [2.45, 2.75) is 32.6 Å². The van der Waals surface area contributed by atoms with Crippen LogP contribution in [0.25, 0.3) is 0 Å². The van der Waals surface area contributed by atoms with Crippen molar-refractivity contribution in [3.63, 3.8) is 0 Å². The molecule has 2 aromatic rings. The number of ketones is 1. The summed E-state index contributed by atoms with van der Waals surface area (Å²) in [4.78, 5) is 15.2. The predicted molar refractivity (Wildman–Crippen MR) is 107 cm³/mol. The van der Waals surface area contributed by atoms with Crippen molar-refractivity contribution >= 4 is 11.5 Å². The van der Waals surface area contributed by atoms with E-state index in [-0.39, 0.29) is 11.7 Å². The van der Waals surface area contributed by atoms with Gasteiger partial charge in [-0.2, -0.15) is 0 Å². The molecule has 1 aliphatic heterocycles. The number of Topliss-reactive ketones (excluding diaryl/α,β-unsaturated/α-hetero) is 1. The molecule has 0 bridgehead atoms. The summed E-state index contributed by atoms with van der Waals surface area (Å²) in [5.74, 6) is 0.449. The zero-order chi connectivity index (χ0) is 18.6. The van der Waals surface area contributed by atoms with Crippen LogP contribution in [0.5, 0.6) is 0 Å². The summed E-state index contributed by atoms with van der Waals surface area (Å²) in [5, 5.41) is 0. The van der Waals surface area contributed by atoms with E-state index < -0.39 is 5.41 Å². The van der Waals surface area contributed by atoms with Gasteiger partial charge in [0.15, 0.2) is 0 Å². The first-order valence-electron chi connectivity index (χ1n) is 9.52. The van der Waals surface area contributed by atoms with Crippen LogP contribution in [0.15, 0.2) is 54.6 Å². The molecule has 1 saturated heterocycles. The largest absolute Gasteiger partial charge is 0.378 e. The number of carbonyl (C=O) groups is 1. The molecule has 1 unspecified atom stereocenters. The molecule has 0 N–H and O–H groups in total. The van der Waals surface area contributed by atoms with E-state index in [0.29, 0.717) is 0 Å². The maximum absolute atomic E-state index is 12.9. The topological polar surface area (TPSA) is 29.5 Å². The fourth-order valence-corrected chi connectivity index (χ4v) is 4.08. The van der Waals surface area contributed by atoms with Gasteiger partial charge in [-0.05, 0) is 42.5 Å². The van der Waals surface area contributed by atoms with Gasteiger partial charge in [-0.3, -0.25) is 4.79 Å². The monoisotopic (exact) mass is 351 g/mol. The first-order valence-corrected chi connectivity index (χ1v) is 9.52. The van der Waals surface area contributed by atoms with Crippen molar-refractivity contribution in [1.29, 1.82) is 0 Å². The molecule has 3 rings (SSSR count). The maximum atomic E-state index is 12.9. The van der Waals surface area contributed by atoms with Crippen LogP contribution in [0.4, 0.5) is 5.69 Å². The minimum Gasteiger partial charge on any atom is -0.378 e. The molecule has 2 aromatic carbocycles. The summed E-state index contributed by atoms with van der Waals surface area (Å²) in [6, 6.07) is 18.9. The van der Waals surface area contributed by atoms with Crippen LogP contribution >= 0.6 is 0 Å². The Labute approximate surface area is 157 Å². The van der Waals surface area contributed by atoms with Crippen molar-refractivity contribution < 1.29 is 9.53 Å². The summed E-state index contributed by atoms with van der Waals surface area (Å²) in [7, 11) is 0. The van der Waals surface area contributed by atoms with Crippen molar-refractivity contribution in [2.24, 2.45) is 5.92 Å².